The number of nitrogens with two attached hydrogens (primary N) is 1. The van der Waals surface area contributed by atoms with Crippen molar-refractivity contribution in [2.45, 2.75) is 50.2 Å². The molecule has 6 unspecified atom stereocenters. The maximum atomic E-state index is 12.2. The van der Waals surface area contributed by atoms with Gasteiger partial charge in [-0.05, 0) is 19.4 Å². The number of phosphoric acid groups is 3. The summed E-state index contributed by atoms with van der Waals surface area (Å²) in [5, 5.41) is 26.6. The van der Waals surface area contributed by atoms with Crippen LogP contribution in [0.25, 0.3) is 11.2 Å². The predicted octanol–water partition coefficient (Wildman–Crippen LogP) is -1.16. The molecule has 10 N–H and O–H groups in total. The fourth-order valence-corrected chi connectivity index (χ4v) is 6.84. The average Bonchev–Trinajstić information content (AvgIpc) is 3.42. The summed E-state index contributed by atoms with van der Waals surface area (Å²) in [6, 6.07) is 0. The first kappa shape index (κ1) is 34.6. The number of hydrogen-bond donors (Lipinski definition) is 9. The number of carbonyl (C=O) groups is 1. The van der Waals surface area contributed by atoms with Gasteiger partial charge in [0, 0.05) is 6.54 Å². The number of fused-ring (bicyclic) bond motifs is 1. The molecule has 0 spiro atoms. The Bertz CT molecular complexity index is 1360. The van der Waals surface area contributed by atoms with Crippen LogP contribution in [0.15, 0.2) is 12.7 Å². The van der Waals surface area contributed by atoms with E-state index in [0.29, 0.717) is 13.1 Å². The zero-order valence-electron chi connectivity index (χ0n) is 21.8. The molecular formula is C18H32N7O14P3. The number of aromatic nitrogens is 4. The van der Waals surface area contributed by atoms with E-state index < -0.39 is 54.6 Å². The fraction of sp³-hybridized carbons (Fsp3) is 0.667. The Morgan fingerprint density at radius 1 is 1.00 bits per heavy atom. The van der Waals surface area contributed by atoms with Crippen LogP contribution in [-0.4, -0.2) is 99.8 Å². The van der Waals surface area contributed by atoms with E-state index in [9.17, 15) is 38.5 Å². The number of nitrogens with one attached hydrogen (secondary N) is 2. The summed E-state index contributed by atoms with van der Waals surface area (Å²) < 4.78 is 52.7. The number of aliphatic hydroxyl groups excluding tert-OH is 2. The van der Waals surface area contributed by atoms with Gasteiger partial charge in [0.2, 0.25) is 5.91 Å². The molecule has 3 heterocycles. The lowest BCUT2D eigenvalue weighted by atomic mass is 10.1. The van der Waals surface area contributed by atoms with Gasteiger partial charge >= 0.3 is 23.5 Å². The van der Waals surface area contributed by atoms with Gasteiger partial charge in [-0.25, -0.2) is 28.6 Å². The minimum atomic E-state index is -5.75. The van der Waals surface area contributed by atoms with Crippen LogP contribution in [0.1, 0.15) is 31.9 Å². The van der Waals surface area contributed by atoms with Crippen LogP contribution in [0, 0.1) is 0 Å². The van der Waals surface area contributed by atoms with Crippen LogP contribution >= 0.6 is 23.5 Å². The lowest BCUT2D eigenvalue weighted by molar-refractivity contribution is -0.119. The van der Waals surface area contributed by atoms with Crippen molar-refractivity contribution in [2.75, 3.05) is 31.6 Å². The number of imidazole rings is 1. The van der Waals surface area contributed by atoms with Gasteiger partial charge in [-0.15, -0.1) is 0 Å². The number of ether oxygens (including phenoxy) is 1. The Balaban J connectivity index is 1.60. The van der Waals surface area contributed by atoms with Crippen LogP contribution in [0.4, 0.5) is 5.82 Å². The molecule has 1 aliphatic rings. The molecular weight excluding hydrogens is 631 g/mol. The molecule has 1 aliphatic heterocycles. The van der Waals surface area contributed by atoms with Crippen molar-refractivity contribution in [1.29, 1.82) is 0 Å². The molecule has 1 fully saturated rings. The number of anilines is 1. The SMILES string of the molecule is NCCCCCCNC(=O)CNc1ncnc2c1ncn2C1OC(COP(=O)(O)OP(=O)(O)OP(=O)(O)O)C(O)C1O. The highest BCUT2D eigenvalue weighted by molar-refractivity contribution is 7.66. The number of hydrogen-bond acceptors (Lipinski definition) is 15. The lowest BCUT2D eigenvalue weighted by Gasteiger charge is -2.19. The van der Waals surface area contributed by atoms with Gasteiger partial charge in [-0.3, -0.25) is 13.9 Å². The minimum Gasteiger partial charge on any atom is -0.387 e. The number of nitrogens with zero attached hydrogens (tertiary/aromatic N) is 4. The van der Waals surface area contributed by atoms with Crippen molar-refractivity contribution >= 4 is 46.4 Å². The molecule has 2 aromatic heterocycles. The Morgan fingerprint density at radius 3 is 2.40 bits per heavy atom. The molecule has 21 nitrogen and oxygen atoms in total. The molecule has 0 aliphatic carbocycles. The van der Waals surface area contributed by atoms with E-state index in [0.717, 1.165) is 32.0 Å². The monoisotopic (exact) mass is 663 g/mol. The molecule has 3 rings (SSSR count). The van der Waals surface area contributed by atoms with Crippen LogP contribution < -0.4 is 16.4 Å². The number of phosphoric ester groups is 1. The topological polar surface area (TPSA) is 320 Å². The lowest BCUT2D eigenvalue weighted by Crippen LogP contribution is -2.33. The molecule has 0 aromatic carbocycles. The number of rotatable bonds is 17. The van der Waals surface area contributed by atoms with Gasteiger partial charge in [0.05, 0.1) is 19.5 Å². The summed E-state index contributed by atoms with van der Waals surface area (Å²) in [5.41, 5.74) is 5.76. The summed E-state index contributed by atoms with van der Waals surface area (Å²) in [5.74, 6) is -0.0920. The van der Waals surface area contributed by atoms with Crippen molar-refractivity contribution in [2.24, 2.45) is 5.73 Å². The second kappa shape index (κ2) is 14.7. The van der Waals surface area contributed by atoms with Crippen molar-refractivity contribution in [3.8, 4) is 0 Å². The normalized spacial score (nSPS) is 23.9. The van der Waals surface area contributed by atoms with Crippen LogP contribution in [-0.2, 0) is 36.4 Å². The molecule has 6 atom stereocenters. The maximum absolute atomic E-state index is 12.2. The van der Waals surface area contributed by atoms with Gasteiger partial charge in [0.25, 0.3) is 0 Å². The van der Waals surface area contributed by atoms with Crippen LogP contribution in [0.5, 0.6) is 0 Å². The van der Waals surface area contributed by atoms with E-state index in [1.54, 1.807) is 0 Å². The highest BCUT2D eigenvalue weighted by Gasteiger charge is 2.47. The molecule has 1 saturated heterocycles. The molecule has 24 heteroatoms. The van der Waals surface area contributed by atoms with Crippen molar-refractivity contribution in [3.63, 3.8) is 0 Å². The Hall–Kier alpha value is -1.93. The average molecular weight is 663 g/mol. The van der Waals surface area contributed by atoms with Crippen molar-refractivity contribution in [3.05, 3.63) is 12.7 Å². The number of amides is 1. The smallest absolute Gasteiger partial charge is 0.387 e. The zero-order chi connectivity index (χ0) is 31.1. The fourth-order valence-electron chi connectivity index (χ4n) is 3.81. The zero-order valence-corrected chi connectivity index (χ0v) is 24.5. The molecule has 238 valence electrons. The number of aliphatic hydroxyl groups is 2. The van der Waals surface area contributed by atoms with Crippen molar-refractivity contribution < 1.29 is 66.2 Å². The number of unbranched alkanes of at least 4 members (excludes halogenated alkanes) is 3. The summed E-state index contributed by atoms with van der Waals surface area (Å²) in [6.07, 6.45) is -0.218. The maximum Gasteiger partial charge on any atom is 0.490 e. The van der Waals surface area contributed by atoms with E-state index in [1.807, 2.05) is 0 Å². The Kier molecular flexibility index (Phi) is 12.1. The van der Waals surface area contributed by atoms with Gasteiger partial charge < -0.3 is 50.9 Å². The van der Waals surface area contributed by atoms with Gasteiger partial charge in [-0.1, -0.05) is 12.8 Å². The first-order valence-corrected chi connectivity index (χ1v) is 16.8. The van der Waals surface area contributed by atoms with E-state index in [4.69, 9.17) is 20.3 Å². The summed E-state index contributed by atoms with van der Waals surface area (Å²) in [6.45, 7) is 0.0175. The van der Waals surface area contributed by atoms with E-state index >= 15 is 0 Å². The molecule has 1 amide bonds. The van der Waals surface area contributed by atoms with Crippen molar-refractivity contribution in [1.82, 2.24) is 24.8 Å². The Labute approximate surface area is 237 Å². The highest BCUT2D eigenvalue weighted by Crippen LogP contribution is 2.66. The van der Waals surface area contributed by atoms with E-state index in [-0.39, 0.29) is 29.4 Å². The third-order valence-corrected chi connectivity index (χ3v) is 9.46. The van der Waals surface area contributed by atoms with E-state index in [1.165, 1.54) is 10.9 Å². The second-order valence-corrected chi connectivity index (χ2v) is 13.3. The van der Waals surface area contributed by atoms with Crippen LogP contribution in [0.2, 0.25) is 0 Å². The third-order valence-electron chi connectivity index (χ3n) is 5.66. The third kappa shape index (κ3) is 10.1. The summed E-state index contributed by atoms with van der Waals surface area (Å²) in [7, 11) is -16.8. The predicted molar refractivity (Wildman–Crippen MR) is 140 cm³/mol. The molecule has 0 saturated carbocycles. The van der Waals surface area contributed by atoms with Gasteiger partial charge in [0.15, 0.2) is 23.2 Å². The van der Waals surface area contributed by atoms with Gasteiger partial charge in [0.1, 0.15) is 24.6 Å². The molecule has 0 bridgehead atoms. The standard InChI is InChI=1S/C18H32N7O14P3/c19-5-3-1-2-4-6-20-12(26)7-21-16-13-17(23-9-22-16)25(10-24-13)18-15(28)14(27)11(37-18)8-36-41(32,33)39-42(34,35)38-40(29,30)31/h9-11,14-15,18,27-28H,1-8,19H2,(H,20,26)(H,32,33)(H,34,35)(H,21,22,23)(H2,29,30,31). The van der Waals surface area contributed by atoms with E-state index in [2.05, 4.69) is 38.7 Å². The molecule has 0 radical (unpaired) electrons. The second-order valence-electron chi connectivity index (χ2n) is 8.89. The Morgan fingerprint density at radius 2 is 1.71 bits per heavy atom. The van der Waals surface area contributed by atoms with Crippen LogP contribution in [0.3, 0.4) is 0 Å². The largest absolute Gasteiger partial charge is 0.490 e. The minimum absolute atomic E-state index is 0.119. The summed E-state index contributed by atoms with van der Waals surface area (Å²) >= 11 is 0. The summed E-state index contributed by atoms with van der Waals surface area (Å²) in [4.78, 5) is 60.5. The molecule has 2 aromatic rings. The first-order chi connectivity index (χ1) is 19.6. The quantitative estimate of drug-likeness (QED) is 0.0711. The van der Waals surface area contributed by atoms with Gasteiger partial charge in [-0.2, -0.15) is 8.62 Å². The molecule has 42 heavy (non-hydrogen) atoms. The highest BCUT2D eigenvalue weighted by atomic mass is 31.3. The first-order valence-electron chi connectivity index (χ1n) is 12.3. The number of carbonyl (C=O) groups excluding carboxylic acids is 1.